The van der Waals surface area contributed by atoms with Gasteiger partial charge in [0.05, 0.1) is 18.7 Å². The predicted octanol–water partition coefficient (Wildman–Crippen LogP) is 2.48. The second kappa shape index (κ2) is 8.80. The first-order valence-corrected chi connectivity index (χ1v) is 11.1. The highest BCUT2D eigenvalue weighted by molar-refractivity contribution is 7.80. The first-order chi connectivity index (χ1) is 15.0. The van der Waals surface area contributed by atoms with E-state index < -0.39 is 0 Å². The van der Waals surface area contributed by atoms with E-state index >= 15 is 0 Å². The van der Waals surface area contributed by atoms with Crippen LogP contribution < -0.4 is 0 Å². The number of rotatable bonds is 5. The Balaban J connectivity index is 1.76. The van der Waals surface area contributed by atoms with Crippen molar-refractivity contribution >= 4 is 46.1 Å². The second-order valence-electron chi connectivity index (χ2n) is 7.79. The number of nitrogens with zero attached hydrogens (tertiary/aromatic N) is 4. The Morgan fingerprint density at radius 1 is 1.23 bits per heavy atom. The predicted molar refractivity (Wildman–Crippen MR) is 124 cm³/mol. The highest BCUT2D eigenvalue weighted by Crippen LogP contribution is 2.30. The van der Waals surface area contributed by atoms with Crippen molar-refractivity contribution in [2.24, 2.45) is 0 Å². The van der Waals surface area contributed by atoms with Gasteiger partial charge in [-0.2, -0.15) is 0 Å². The Hall–Kier alpha value is -2.71. The lowest BCUT2D eigenvalue weighted by atomic mass is 10.1. The van der Waals surface area contributed by atoms with Gasteiger partial charge < -0.3 is 19.1 Å². The molecule has 2 amide bonds. The zero-order valence-corrected chi connectivity index (χ0v) is 19.1. The van der Waals surface area contributed by atoms with E-state index in [9.17, 15) is 9.59 Å². The number of thiocarbonyl (C=S) groups is 1. The van der Waals surface area contributed by atoms with E-state index in [2.05, 4.69) is 13.0 Å². The molecule has 2 saturated heterocycles. The van der Waals surface area contributed by atoms with Gasteiger partial charge in [-0.3, -0.25) is 14.5 Å². The molecular formula is C23H28N4O3S. The van der Waals surface area contributed by atoms with E-state index in [0.29, 0.717) is 43.7 Å². The van der Waals surface area contributed by atoms with Crippen LogP contribution in [0.4, 0.5) is 0 Å². The van der Waals surface area contributed by atoms with Gasteiger partial charge in [-0.15, -0.1) is 0 Å². The standard InChI is InChI=1S/C23H28N4O3S/c1-4-16-7-6-8-18-17(13-19-22(29)27(5-2)23(31)24(19)3)14-26(21(16)18)15-20(28)25-9-11-30-12-10-25/h6-8,13-14H,4-5,9-12,15H2,1-3H3/b19-13-. The second-order valence-corrected chi connectivity index (χ2v) is 8.16. The number of aromatic nitrogens is 1. The molecule has 8 heteroatoms. The largest absolute Gasteiger partial charge is 0.378 e. The minimum Gasteiger partial charge on any atom is -0.378 e. The van der Waals surface area contributed by atoms with Crippen LogP contribution in [0.5, 0.6) is 0 Å². The molecule has 2 aromatic rings. The summed E-state index contributed by atoms with van der Waals surface area (Å²) < 4.78 is 7.39. The summed E-state index contributed by atoms with van der Waals surface area (Å²) in [6.45, 7) is 7.24. The smallest absolute Gasteiger partial charge is 0.276 e. The topological polar surface area (TPSA) is 58.0 Å². The normalized spacial score (nSPS) is 18.7. The van der Waals surface area contributed by atoms with Crippen molar-refractivity contribution in [3.05, 3.63) is 41.2 Å². The number of likely N-dealkylation sites (N-methyl/N-ethyl adjacent to an activating group) is 2. The average molecular weight is 441 g/mol. The summed E-state index contributed by atoms with van der Waals surface area (Å²) in [7, 11) is 1.82. The molecule has 31 heavy (non-hydrogen) atoms. The van der Waals surface area contributed by atoms with Gasteiger partial charge in [0.1, 0.15) is 12.2 Å². The van der Waals surface area contributed by atoms with Gasteiger partial charge in [0.2, 0.25) is 5.91 Å². The lowest BCUT2D eigenvalue weighted by Crippen LogP contribution is -2.42. The van der Waals surface area contributed by atoms with Gasteiger partial charge >= 0.3 is 0 Å². The molecule has 1 aromatic carbocycles. The van der Waals surface area contributed by atoms with Gasteiger partial charge in [-0.25, -0.2) is 0 Å². The van der Waals surface area contributed by atoms with Crippen LogP contribution in [-0.4, -0.2) is 76.1 Å². The van der Waals surface area contributed by atoms with Gasteiger partial charge in [0.15, 0.2) is 5.11 Å². The molecule has 0 saturated carbocycles. The van der Waals surface area contributed by atoms with Crippen molar-refractivity contribution in [1.29, 1.82) is 0 Å². The van der Waals surface area contributed by atoms with E-state index in [1.54, 1.807) is 9.80 Å². The van der Waals surface area contributed by atoms with Crippen LogP contribution in [0, 0.1) is 0 Å². The monoisotopic (exact) mass is 440 g/mol. The molecule has 0 bridgehead atoms. The molecule has 0 spiro atoms. The summed E-state index contributed by atoms with van der Waals surface area (Å²) >= 11 is 5.43. The molecule has 0 atom stereocenters. The Kier molecular flexibility index (Phi) is 6.11. The van der Waals surface area contributed by atoms with E-state index in [1.165, 1.54) is 5.56 Å². The molecule has 0 N–H and O–H groups in total. The molecule has 2 fully saturated rings. The first-order valence-electron chi connectivity index (χ1n) is 10.7. The number of carbonyl (C=O) groups excluding carboxylic acids is 2. The third kappa shape index (κ3) is 3.85. The zero-order chi connectivity index (χ0) is 22.1. The van der Waals surface area contributed by atoms with Crippen molar-refractivity contribution in [3.8, 4) is 0 Å². The van der Waals surface area contributed by atoms with Crippen molar-refractivity contribution in [2.75, 3.05) is 39.9 Å². The highest BCUT2D eigenvalue weighted by atomic mass is 32.1. The van der Waals surface area contributed by atoms with Crippen LogP contribution in [-0.2, 0) is 27.3 Å². The maximum absolute atomic E-state index is 12.9. The summed E-state index contributed by atoms with van der Waals surface area (Å²) in [5, 5.41) is 1.54. The van der Waals surface area contributed by atoms with Crippen LogP contribution in [0.3, 0.4) is 0 Å². The molecule has 7 nitrogen and oxygen atoms in total. The number of benzene rings is 1. The van der Waals surface area contributed by atoms with Gasteiger partial charge in [-0.05, 0) is 37.2 Å². The SMILES string of the molecule is CCc1cccc2c(/C=C3/C(=O)N(CC)C(=S)N3C)cn(CC(=O)N3CCOCC3)c12. The average Bonchev–Trinajstić information content (AvgIpc) is 3.24. The van der Waals surface area contributed by atoms with Crippen LogP contribution in [0.1, 0.15) is 25.0 Å². The van der Waals surface area contributed by atoms with Crippen LogP contribution >= 0.6 is 12.2 Å². The zero-order valence-electron chi connectivity index (χ0n) is 18.3. The van der Waals surface area contributed by atoms with Crippen LogP contribution in [0.25, 0.3) is 17.0 Å². The number of hydrogen-bond donors (Lipinski definition) is 0. The van der Waals surface area contributed by atoms with Crippen molar-refractivity contribution in [2.45, 2.75) is 26.8 Å². The fourth-order valence-electron chi connectivity index (χ4n) is 4.29. The summed E-state index contributed by atoms with van der Waals surface area (Å²) in [5.74, 6) is -0.00959. The van der Waals surface area contributed by atoms with Gasteiger partial charge in [-0.1, -0.05) is 25.1 Å². The molecule has 0 radical (unpaired) electrons. The van der Waals surface area contributed by atoms with Crippen LogP contribution in [0.2, 0.25) is 0 Å². The number of ether oxygens (including phenoxy) is 1. The molecule has 4 rings (SSSR count). The van der Waals surface area contributed by atoms with Crippen molar-refractivity contribution in [1.82, 2.24) is 19.3 Å². The number of para-hydroxylation sites is 1. The van der Waals surface area contributed by atoms with Gasteiger partial charge in [0, 0.05) is 43.8 Å². The lowest BCUT2D eigenvalue weighted by molar-refractivity contribution is -0.135. The third-order valence-corrected chi connectivity index (χ3v) is 6.51. The number of carbonyl (C=O) groups is 2. The number of amides is 2. The summed E-state index contributed by atoms with van der Waals surface area (Å²) in [4.78, 5) is 31.0. The van der Waals surface area contributed by atoms with Gasteiger partial charge in [0.25, 0.3) is 5.91 Å². The molecule has 2 aliphatic rings. The highest BCUT2D eigenvalue weighted by Gasteiger charge is 2.34. The van der Waals surface area contributed by atoms with Crippen LogP contribution in [0.15, 0.2) is 30.1 Å². The van der Waals surface area contributed by atoms with E-state index in [-0.39, 0.29) is 18.4 Å². The van der Waals surface area contributed by atoms with Crippen molar-refractivity contribution < 1.29 is 14.3 Å². The maximum Gasteiger partial charge on any atom is 0.276 e. The summed E-state index contributed by atoms with van der Waals surface area (Å²) in [6.07, 6.45) is 4.73. The Morgan fingerprint density at radius 2 is 1.97 bits per heavy atom. The fraction of sp³-hybridized carbons (Fsp3) is 0.435. The number of aryl methyl sites for hydroxylation is 1. The quantitative estimate of drug-likeness (QED) is 0.528. The minimum absolute atomic E-state index is 0.0812. The molecular weight excluding hydrogens is 412 g/mol. The molecule has 3 heterocycles. The van der Waals surface area contributed by atoms with E-state index in [1.807, 2.05) is 47.8 Å². The molecule has 1 aromatic heterocycles. The first kappa shape index (κ1) is 21.5. The minimum atomic E-state index is -0.0908. The van der Waals surface area contributed by atoms with E-state index in [0.717, 1.165) is 22.9 Å². The summed E-state index contributed by atoms with van der Waals surface area (Å²) in [5.41, 5.74) is 3.68. The summed E-state index contributed by atoms with van der Waals surface area (Å²) in [6, 6.07) is 6.17. The molecule has 0 unspecified atom stereocenters. The lowest BCUT2D eigenvalue weighted by Gasteiger charge is -2.27. The number of hydrogen-bond acceptors (Lipinski definition) is 4. The molecule has 2 aliphatic heterocycles. The maximum atomic E-state index is 12.9. The Morgan fingerprint density at radius 3 is 2.61 bits per heavy atom. The third-order valence-electron chi connectivity index (χ3n) is 6.01. The fourth-order valence-corrected chi connectivity index (χ4v) is 4.60. The van der Waals surface area contributed by atoms with Crippen molar-refractivity contribution in [3.63, 3.8) is 0 Å². The number of fused-ring (bicyclic) bond motifs is 1. The Bertz CT molecular complexity index is 1070. The van der Waals surface area contributed by atoms with E-state index in [4.69, 9.17) is 17.0 Å². The molecule has 164 valence electrons. The Labute approximate surface area is 187 Å². The number of morpholine rings is 1. The molecule has 0 aliphatic carbocycles.